The number of sulfone groups is 1. The predicted octanol–water partition coefficient (Wildman–Crippen LogP) is 4.13. The minimum absolute atomic E-state index is 0.0623. The summed E-state index contributed by atoms with van der Waals surface area (Å²) in [4.78, 5) is 14.4. The van der Waals surface area contributed by atoms with Crippen LogP contribution in [0.2, 0.25) is 5.02 Å². The Morgan fingerprint density at radius 2 is 1.74 bits per heavy atom. The third-order valence-corrected chi connectivity index (χ3v) is 7.25. The van der Waals surface area contributed by atoms with E-state index in [-0.39, 0.29) is 18.2 Å². The van der Waals surface area contributed by atoms with E-state index in [0.29, 0.717) is 29.1 Å². The summed E-state index contributed by atoms with van der Waals surface area (Å²) >= 11 is 6.22. The first-order valence-corrected chi connectivity index (χ1v) is 11.0. The summed E-state index contributed by atoms with van der Waals surface area (Å²) < 4.78 is 25.5. The molecule has 1 aliphatic rings. The number of nitrogens with zero attached hydrogens (tertiary/aromatic N) is 1. The lowest BCUT2D eigenvalue weighted by molar-refractivity contribution is -0.126. The van der Waals surface area contributed by atoms with Crippen molar-refractivity contribution in [3.05, 3.63) is 76.3 Å². The van der Waals surface area contributed by atoms with E-state index in [4.69, 9.17) is 11.6 Å². The van der Waals surface area contributed by atoms with Gasteiger partial charge in [0.25, 0.3) is 0 Å². The lowest BCUT2D eigenvalue weighted by Gasteiger charge is -2.20. The molecule has 27 heavy (non-hydrogen) atoms. The monoisotopic (exact) mass is 403 g/mol. The van der Waals surface area contributed by atoms with Crippen LogP contribution >= 0.6 is 11.6 Å². The van der Waals surface area contributed by atoms with Gasteiger partial charge >= 0.3 is 0 Å². The summed E-state index contributed by atoms with van der Waals surface area (Å²) in [7, 11) is -3.38. The molecule has 1 fully saturated rings. The SMILES string of the molecule is C/C(=C\c1ccccc1)C(=O)N1CCC(c2ccccc2Cl)S(=O)(=O)CC1. The molecule has 1 aliphatic heterocycles. The Morgan fingerprint density at radius 3 is 2.44 bits per heavy atom. The van der Waals surface area contributed by atoms with Crippen LogP contribution < -0.4 is 0 Å². The summed E-state index contributed by atoms with van der Waals surface area (Å²) in [5.74, 6) is -0.193. The zero-order valence-electron chi connectivity index (χ0n) is 15.1. The molecule has 2 aromatic rings. The molecule has 6 heteroatoms. The Hall–Kier alpha value is -2.11. The van der Waals surface area contributed by atoms with Crippen molar-refractivity contribution in [1.82, 2.24) is 4.90 Å². The Bertz CT molecular complexity index is 954. The van der Waals surface area contributed by atoms with Crippen LogP contribution in [0.5, 0.6) is 0 Å². The van der Waals surface area contributed by atoms with Crippen molar-refractivity contribution in [2.24, 2.45) is 0 Å². The van der Waals surface area contributed by atoms with Gasteiger partial charge < -0.3 is 4.90 Å². The van der Waals surface area contributed by atoms with Crippen LogP contribution in [0.25, 0.3) is 6.08 Å². The molecule has 0 spiro atoms. The molecule has 1 heterocycles. The third-order valence-electron chi connectivity index (χ3n) is 4.80. The number of carbonyl (C=O) groups excluding carboxylic acids is 1. The van der Waals surface area contributed by atoms with Crippen LogP contribution in [-0.2, 0) is 14.6 Å². The van der Waals surface area contributed by atoms with Crippen LogP contribution in [0.15, 0.2) is 60.2 Å². The summed E-state index contributed by atoms with van der Waals surface area (Å²) in [6.45, 7) is 2.34. The number of carbonyl (C=O) groups is 1. The van der Waals surface area contributed by atoms with Crippen molar-refractivity contribution in [3.63, 3.8) is 0 Å². The molecule has 1 amide bonds. The minimum Gasteiger partial charge on any atom is -0.338 e. The van der Waals surface area contributed by atoms with Crippen molar-refractivity contribution >= 4 is 33.4 Å². The van der Waals surface area contributed by atoms with E-state index in [0.717, 1.165) is 5.56 Å². The highest BCUT2D eigenvalue weighted by Gasteiger charge is 2.33. The topological polar surface area (TPSA) is 54.5 Å². The van der Waals surface area contributed by atoms with Crippen LogP contribution in [0, 0.1) is 0 Å². The molecule has 1 unspecified atom stereocenters. The van der Waals surface area contributed by atoms with Gasteiger partial charge in [-0.25, -0.2) is 8.42 Å². The Labute approximate surface area is 165 Å². The predicted molar refractivity (Wildman–Crippen MR) is 109 cm³/mol. The van der Waals surface area contributed by atoms with E-state index in [1.54, 1.807) is 36.1 Å². The fourth-order valence-corrected chi connectivity index (χ4v) is 5.49. The summed E-state index contributed by atoms with van der Waals surface area (Å²) in [6, 6.07) is 16.6. The zero-order chi connectivity index (χ0) is 19.4. The Morgan fingerprint density at radius 1 is 1.07 bits per heavy atom. The molecular formula is C21H22ClNO3S. The van der Waals surface area contributed by atoms with E-state index >= 15 is 0 Å². The summed E-state index contributed by atoms with van der Waals surface area (Å²) in [5.41, 5.74) is 2.15. The van der Waals surface area contributed by atoms with Crippen molar-refractivity contribution < 1.29 is 13.2 Å². The zero-order valence-corrected chi connectivity index (χ0v) is 16.7. The number of hydrogen-bond acceptors (Lipinski definition) is 3. The van der Waals surface area contributed by atoms with E-state index in [9.17, 15) is 13.2 Å². The van der Waals surface area contributed by atoms with Gasteiger partial charge in [0.15, 0.2) is 9.84 Å². The lowest BCUT2D eigenvalue weighted by atomic mass is 10.1. The lowest BCUT2D eigenvalue weighted by Crippen LogP contribution is -2.34. The number of halogens is 1. The molecule has 4 nitrogen and oxygen atoms in total. The van der Waals surface area contributed by atoms with Gasteiger partial charge in [-0.15, -0.1) is 0 Å². The van der Waals surface area contributed by atoms with Crippen LogP contribution in [0.4, 0.5) is 0 Å². The standard InChI is InChI=1S/C21H22ClNO3S/c1-16(15-17-7-3-2-4-8-17)21(24)23-12-11-20(27(25,26)14-13-23)18-9-5-6-10-19(18)22/h2-10,15,20H,11-14H2,1H3/b16-15+. The molecule has 0 N–H and O–H groups in total. The van der Waals surface area contributed by atoms with Crippen molar-refractivity contribution in [1.29, 1.82) is 0 Å². The molecule has 3 rings (SSSR count). The van der Waals surface area contributed by atoms with Crippen molar-refractivity contribution in [2.45, 2.75) is 18.6 Å². The van der Waals surface area contributed by atoms with Crippen LogP contribution in [-0.4, -0.2) is 38.1 Å². The number of rotatable bonds is 3. The largest absolute Gasteiger partial charge is 0.338 e. The molecule has 142 valence electrons. The van der Waals surface area contributed by atoms with E-state index in [1.807, 2.05) is 36.4 Å². The fourth-order valence-electron chi connectivity index (χ4n) is 3.34. The second-order valence-corrected chi connectivity index (χ2v) is 9.41. The van der Waals surface area contributed by atoms with Gasteiger partial charge in [0.1, 0.15) is 0 Å². The second-order valence-electron chi connectivity index (χ2n) is 6.70. The van der Waals surface area contributed by atoms with Crippen molar-refractivity contribution in [2.75, 3.05) is 18.8 Å². The third kappa shape index (κ3) is 4.60. The molecule has 1 atom stereocenters. The van der Waals surface area contributed by atoms with Crippen molar-refractivity contribution in [3.8, 4) is 0 Å². The van der Waals surface area contributed by atoms with E-state index < -0.39 is 15.1 Å². The molecule has 0 aromatic heterocycles. The van der Waals surface area contributed by atoms with Gasteiger partial charge in [-0.1, -0.05) is 60.1 Å². The van der Waals surface area contributed by atoms with Gasteiger partial charge in [0.05, 0.1) is 11.0 Å². The average Bonchev–Trinajstić information content (AvgIpc) is 2.80. The molecule has 2 aromatic carbocycles. The van der Waals surface area contributed by atoms with Crippen LogP contribution in [0.3, 0.4) is 0 Å². The Kier molecular flexibility index (Phi) is 6.02. The summed E-state index contributed by atoms with van der Waals surface area (Å²) in [6.07, 6.45) is 2.17. The van der Waals surface area contributed by atoms with E-state index in [1.165, 1.54) is 0 Å². The molecular weight excluding hydrogens is 382 g/mol. The van der Waals surface area contributed by atoms with Gasteiger partial charge in [-0.3, -0.25) is 4.79 Å². The molecule has 0 aliphatic carbocycles. The molecule has 0 bridgehead atoms. The molecule has 0 saturated carbocycles. The first-order chi connectivity index (χ1) is 12.9. The minimum atomic E-state index is -3.38. The maximum atomic E-state index is 12.8. The Balaban J connectivity index is 1.80. The first-order valence-electron chi connectivity index (χ1n) is 8.87. The number of benzene rings is 2. The number of amides is 1. The van der Waals surface area contributed by atoms with Gasteiger partial charge in [0.2, 0.25) is 5.91 Å². The van der Waals surface area contributed by atoms with Gasteiger partial charge in [-0.2, -0.15) is 0 Å². The fraction of sp³-hybridized carbons (Fsp3) is 0.286. The highest BCUT2D eigenvalue weighted by atomic mass is 35.5. The maximum Gasteiger partial charge on any atom is 0.249 e. The summed E-state index contributed by atoms with van der Waals surface area (Å²) in [5, 5.41) is -0.228. The normalized spacial score (nSPS) is 20.1. The number of hydrogen-bond donors (Lipinski definition) is 0. The quantitative estimate of drug-likeness (QED) is 0.724. The highest BCUT2D eigenvalue weighted by molar-refractivity contribution is 7.91. The van der Waals surface area contributed by atoms with Gasteiger partial charge in [0, 0.05) is 23.7 Å². The highest BCUT2D eigenvalue weighted by Crippen LogP contribution is 2.34. The maximum absolute atomic E-state index is 12.8. The average molecular weight is 404 g/mol. The first kappa shape index (κ1) is 19.6. The van der Waals surface area contributed by atoms with Gasteiger partial charge in [-0.05, 0) is 36.6 Å². The molecule has 1 saturated heterocycles. The van der Waals surface area contributed by atoms with Crippen LogP contribution in [0.1, 0.15) is 29.7 Å². The second kappa shape index (κ2) is 8.28. The smallest absolute Gasteiger partial charge is 0.249 e. The van der Waals surface area contributed by atoms with E-state index in [2.05, 4.69) is 0 Å². The molecule has 0 radical (unpaired) electrons.